The molecule has 1 saturated heterocycles. The molecule has 1 aliphatic heterocycles. The highest BCUT2D eigenvalue weighted by Gasteiger charge is 2.42. The fraction of sp³-hybridized carbons (Fsp3) is 0.667. The predicted octanol–water partition coefficient (Wildman–Crippen LogP) is 4.64. The van der Waals surface area contributed by atoms with Crippen LogP contribution in [-0.4, -0.2) is 19.0 Å². The predicted molar refractivity (Wildman–Crippen MR) is 80.6 cm³/mol. The van der Waals surface area contributed by atoms with E-state index in [-0.39, 0.29) is 11.6 Å². The molecule has 3 heteroatoms. The molecule has 0 radical (unpaired) electrons. The van der Waals surface area contributed by atoms with Gasteiger partial charge in [0.1, 0.15) is 5.82 Å². The monoisotopic (exact) mass is 292 g/mol. The highest BCUT2D eigenvalue weighted by molar-refractivity contribution is 5.21. The van der Waals surface area contributed by atoms with Crippen molar-refractivity contribution in [3.63, 3.8) is 0 Å². The molecule has 2 aliphatic rings. The van der Waals surface area contributed by atoms with Crippen molar-refractivity contribution in [3.8, 4) is 0 Å². The Hall–Kier alpha value is -0.930. The van der Waals surface area contributed by atoms with Gasteiger partial charge < -0.3 is 9.47 Å². The van der Waals surface area contributed by atoms with E-state index in [4.69, 9.17) is 9.47 Å². The molecule has 1 heterocycles. The summed E-state index contributed by atoms with van der Waals surface area (Å²) in [5.74, 6) is 0.562. The summed E-state index contributed by atoms with van der Waals surface area (Å²) in [6, 6.07) is 7.01. The average Bonchev–Trinajstić information content (AvgIpc) is 2.56. The van der Waals surface area contributed by atoms with Crippen LogP contribution >= 0.6 is 0 Å². The van der Waals surface area contributed by atoms with Crippen LogP contribution in [0.4, 0.5) is 4.39 Å². The van der Waals surface area contributed by atoms with Gasteiger partial charge in [-0.05, 0) is 62.1 Å². The third-order valence-corrected chi connectivity index (χ3v) is 5.16. The van der Waals surface area contributed by atoms with Crippen LogP contribution in [0.5, 0.6) is 0 Å². The summed E-state index contributed by atoms with van der Waals surface area (Å²) in [5, 5.41) is 0. The van der Waals surface area contributed by atoms with Crippen molar-refractivity contribution in [2.45, 2.75) is 57.2 Å². The minimum absolute atomic E-state index is 0.152. The molecule has 1 aliphatic carbocycles. The van der Waals surface area contributed by atoms with Gasteiger partial charge in [0.2, 0.25) is 0 Å². The maximum Gasteiger partial charge on any atom is 0.170 e. The quantitative estimate of drug-likeness (QED) is 0.808. The van der Waals surface area contributed by atoms with Crippen LogP contribution in [0.3, 0.4) is 0 Å². The third kappa shape index (κ3) is 3.14. The van der Waals surface area contributed by atoms with Gasteiger partial charge in [-0.3, -0.25) is 0 Å². The zero-order valence-electron chi connectivity index (χ0n) is 12.8. The van der Waals surface area contributed by atoms with Crippen LogP contribution < -0.4 is 0 Å². The van der Waals surface area contributed by atoms with Gasteiger partial charge in [-0.1, -0.05) is 19.1 Å². The average molecular weight is 292 g/mol. The first kappa shape index (κ1) is 15.0. The summed E-state index contributed by atoms with van der Waals surface area (Å²) in [6.45, 7) is 3.81. The zero-order chi connectivity index (χ0) is 14.7. The van der Waals surface area contributed by atoms with Crippen molar-refractivity contribution >= 4 is 0 Å². The van der Waals surface area contributed by atoms with Gasteiger partial charge in [-0.25, -0.2) is 4.39 Å². The maximum absolute atomic E-state index is 13.0. The van der Waals surface area contributed by atoms with E-state index in [0.29, 0.717) is 11.8 Å². The second-order valence-electron chi connectivity index (χ2n) is 6.32. The van der Waals surface area contributed by atoms with Crippen LogP contribution in [0, 0.1) is 11.7 Å². The molecule has 0 bridgehead atoms. The fourth-order valence-corrected chi connectivity index (χ4v) is 3.92. The molecular formula is C18H25FO2. The SMILES string of the molecule is CCC1(C2CCC(c3ccc(F)cc3)CC2)OCCCO1. The minimum Gasteiger partial charge on any atom is -0.350 e. The number of rotatable bonds is 3. The Balaban J connectivity index is 1.63. The number of hydrogen-bond donors (Lipinski definition) is 0. The molecule has 0 amide bonds. The topological polar surface area (TPSA) is 18.5 Å². The molecule has 1 aromatic rings. The lowest BCUT2D eigenvalue weighted by atomic mass is 9.74. The summed E-state index contributed by atoms with van der Waals surface area (Å²) in [4.78, 5) is 0. The van der Waals surface area contributed by atoms with E-state index < -0.39 is 0 Å². The van der Waals surface area contributed by atoms with Crippen LogP contribution in [0.1, 0.15) is 56.9 Å². The first-order valence-electron chi connectivity index (χ1n) is 8.27. The highest BCUT2D eigenvalue weighted by Crippen LogP contribution is 2.44. The molecule has 1 saturated carbocycles. The highest BCUT2D eigenvalue weighted by atomic mass is 19.1. The molecule has 116 valence electrons. The van der Waals surface area contributed by atoms with Gasteiger partial charge in [-0.2, -0.15) is 0 Å². The molecule has 0 aromatic heterocycles. The summed E-state index contributed by atoms with van der Waals surface area (Å²) >= 11 is 0. The molecule has 0 atom stereocenters. The Morgan fingerprint density at radius 1 is 1.05 bits per heavy atom. The van der Waals surface area contributed by atoms with Crippen LogP contribution in [0.2, 0.25) is 0 Å². The Morgan fingerprint density at radius 3 is 2.24 bits per heavy atom. The van der Waals surface area contributed by atoms with Crippen molar-refractivity contribution in [2.75, 3.05) is 13.2 Å². The van der Waals surface area contributed by atoms with Gasteiger partial charge in [0.05, 0.1) is 13.2 Å². The molecule has 1 aromatic carbocycles. The second-order valence-corrected chi connectivity index (χ2v) is 6.32. The van der Waals surface area contributed by atoms with Crippen LogP contribution in [0.15, 0.2) is 24.3 Å². The van der Waals surface area contributed by atoms with Crippen LogP contribution in [-0.2, 0) is 9.47 Å². The number of benzene rings is 1. The normalized spacial score (nSPS) is 29.2. The minimum atomic E-state index is -0.341. The molecule has 2 nitrogen and oxygen atoms in total. The third-order valence-electron chi connectivity index (χ3n) is 5.16. The van der Waals surface area contributed by atoms with E-state index in [1.807, 2.05) is 12.1 Å². The van der Waals surface area contributed by atoms with Gasteiger partial charge >= 0.3 is 0 Å². The van der Waals surface area contributed by atoms with Gasteiger partial charge in [0.15, 0.2) is 5.79 Å². The van der Waals surface area contributed by atoms with E-state index in [9.17, 15) is 4.39 Å². The maximum atomic E-state index is 13.0. The van der Waals surface area contributed by atoms with E-state index in [2.05, 4.69) is 6.92 Å². The Morgan fingerprint density at radius 2 is 1.67 bits per heavy atom. The van der Waals surface area contributed by atoms with Crippen molar-refractivity contribution in [2.24, 2.45) is 5.92 Å². The number of ether oxygens (including phenoxy) is 2. The van der Waals surface area contributed by atoms with Gasteiger partial charge in [0, 0.05) is 5.92 Å². The first-order valence-corrected chi connectivity index (χ1v) is 8.27. The standard InChI is InChI=1S/C18H25FO2/c1-2-18(20-12-3-13-21-18)16-8-4-14(5-9-16)15-6-10-17(19)11-7-15/h6-7,10-11,14,16H,2-5,8-9,12-13H2,1H3. The molecular weight excluding hydrogens is 267 g/mol. The van der Waals surface area contributed by atoms with Crippen molar-refractivity contribution in [1.29, 1.82) is 0 Å². The number of halogens is 1. The molecule has 3 rings (SSSR count). The molecule has 21 heavy (non-hydrogen) atoms. The largest absolute Gasteiger partial charge is 0.350 e. The summed E-state index contributed by atoms with van der Waals surface area (Å²) in [7, 11) is 0. The van der Waals surface area contributed by atoms with E-state index in [1.165, 1.54) is 5.56 Å². The van der Waals surface area contributed by atoms with E-state index >= 15 is 0 Å². The second kappa shape index (κ2) is 6.45. The summed E-state index contributed by atoms with van der Waals surface area (Å²) < 4.78 is 25.1. The van der Waals surface area contributed by atoms with Crippen LogP contribution in [0.25, 0.3) is 0 Å². The number of hydrogen-bond acceptors (Lipinski definition) is 2. The molecule has 2 fully saturated rings. The van der Waals surface area contributed by atoms with E-state index in [1.54, 1.807) is 12.1 Å². The lowest BCUT2D eigenvalue weighted by Gasteiger charge is -2.45. The Labute approximate surface area is 126 Å². The van der Waals surface area contributed by atoms with Gasteiger partial charge in [-0.15, -0.1) is 0 Å². The van der Waals surface area contributed by atoms with Crippen molar-refractivity contribution < 1.29 is 13.9 Å². The lowest BCUT2D eigenvalue weighted by molar-refractivity contribution is -0.299. The smallest absolute Gasteiger partial charge is 0.170 e. The lowest BCUT2D eigenvalue weighted by Crippen LogP contribution is -2.47. The van der Waals surface area contributed by atoms with Crippen molar-refractivity contribution in [1.82, 2.24) is 0 Å². The Bertz CT molecular complexity index is 443. The van der Waals surface area contributed by atoms with E-state index in [0.717, 1.165) is 51.7 Å². The van der Waals surface area contributed by atoms with Crippen molar-refractivity contribution in [3.05, 3.63) is 35.6 Å². The summed E-state index contributed by atoms with van der Waals surface area (Å²) in [6.07, 6.45) is 6.49. The summed E-state index contributed by atoms with van der Waals surface area (Å²) in [5.41, 5.74) is 1.27. The van der Waals surface area contributed by atoms with Gasteiger partial charge in [0.25, 0.3) is 0 Å². The molecule has 0 N–H and O–H groups in total. The molecule has 0 unspecified atom stereocenters. The molecule has 0 spiro atoms. The fourth-order valence-electron chi connectivity index (χ4n) is 3.92. The first-order chi connectivity index (χ1) is 10.2. The zero-order valence-corrected chi connectivity index (χ0v) is 12.8. The Kier molecular flexibility index (Phi) is 4.60.